The average molecular weight is 203 g/mol. The molecular weight excluding hydrogens is 190 g/mol. The van der Waals surface area contributed by atoms with Crippen molar-refractivity contribution in [2.24, 2.45) is 0 Å². The Morgan fingerprint density at radius 1 is 1.33 bits per heavy atom. The molecule has 15 heavy (non-hydrogen) atoms. The lowest BCUT2D eigenvalue weighted by Gasteiger charge is -2.11. The Morgan fingerprint density at radius 2 is 2.13 bits per heavy atom. The molecule has 5 nitrogen and oxygen atoms in total. The molecule has 2 aromatic rings. The molecule has 0 bridgehead atoms. The van der Waals surface area contributed by atoms with Crippen LogP contribution >= 0.6 is 0 Å². The fraction of sp³-hybridized carbons (Fsp3) is 0.300. The zero-order valence-electron chi connectivity index (χ0n) is 9.05. The van der Waals surface area contributed by atoms with E-state index in [0.29, 0.717) is 5.95 Å². The molecule has 0 N–H and O–H groups in total. The Kier molecular flexibility index (Phi) is 2.37. The summed E-state index contributed by atoms with van der Waals surface area (Å²) in [5, 5.41) is 4.16. The van der Waals surface area contributed by atoms with Crippen LogP contribution in [0, 0.1) is 6.92 Å². The topological polar surface area (TPSA) is 46.8 Å². The number of nitrogens with zero attached hydrogens (tertiary/aromatic N) is 5. The van der Waals surface area contributed by atoms with Crippen molar-refractivity contribution >= 4 is 5.82 Å². The van der Waals surface area contributed by atoms with Crippen LogP contribution in [0.3, 0.4) is 0 Å². The van der Waals surface area contributed by atoms with E-state index < -0.39 is 0 Å². The van der Waals surface area contributed by atoms with Crippen molar-refractivity contribution < 1.29 is 0 Å². The first kappa shape index (κ1) is 9.64. The average Bonchev–Trinajstić information content (AvgIpc) is 2.65. The summed E-state index contributed by atoms with van der Waals surface area (Å²) in [5.41, 5.74) is 1.09. The highest BCUT2D eigenvalue weighted by Crippen LogP contribution is 2.08. The van der Waals surface area contributed by atoms with Crippen LogP contribution in [0.1, 0.15) is 5.56 Å². The molecule has 0 radical (unpaired) electrons. The maximum absolute atomic E-state index is 4.37. The monoisotopic (exact) mass is 203 g/mol. The SMILES string of the molecule is Cc1cnn(-c2nccc(N(C)C)n2)c1. The van der Waals surface area contributed by atoms with Crippen LogP contribution in [0.5, 0.6) is 0 Å². The van der Waals surface area contributed by atoms with Crippen LogP contribution in [0.15, 0.2) is 24.7 Å². The van der Waals surface area contributed by atoms with E-state index in [4.69, 9.17) is 0 Å². The smallest absolute Gasteiger partial charge is 0.252 e. The molecule has 0 amide bonds. The van der Waals surface area contributed by atoms with E-state index in [9.17, 15) is 0 Å². The molecule has 0 saturated heterocycles. The zero-order valence-corrected chi connectivity index (χ0v) is 9.05. The highest BCUT2D eigenvalue weighted by Gasteiger charge is 2.03. The molecule has 0 saturated carbocycles. The maximum atomic E-state index is 4.37. The second-order valence-electron chi connectivity index (χ2n) is 3.57. The van der Waals surface area contributed by atoms with Crippen LogP contribution in [0.2, 0.25) is 0 Å². The van der Waals surface area contributed by atoms with Gasteiger partial charge in [-0.2, -0.15) is 10.1 Å². The Morgan fingerprint density at radius 3 is 2.73 bits per heavy atom. The van der Waals surface area contributed by atoms with Crippen molar-refractivity contribution in [1.29, 1.82) is 0 Å². The van der Waals surface area contributed by atoms with Crippen molar-refractivity contribution in [2.75, 3.05) is 19.0 Å². The van der Waals surface area contributed by atoms with Gasteiger partial charge in [0.1, 0.15) is 5.82 Å². The zero-order chi connectivity index (χ0) is 10.8. The Bertz CT molecular complexity index is 460. The predicted molar refractivity (Wildman–Crippen MR) is 58.2 cm³/mol. The Labute approximate surface area is 88.4 Å². The summed E-state index contributed by atoms with van der Waals surface area (Å²) >= 11 is 0. The fourth-order valence-corrected chi connectivity index (χ4v) is 1.22. The fourth-order valence-electron chi connectivity index (χ4n) is 1.22. The molecule has 0 aliphatic carbocycles. The van der Waals surface area contributed by atoms with E-state index in [1.165, 1.54) is 0 Å². The molecule has 5 heteroatoms. The third-order valence-corrected chi connectivity index (χ3v) is 2.00. The van der Waals surface area contributed by atoms with Crippen LogP contribution in [-0.2, 0) is 0 Å². The summed E-state index contributed by atoms with van der Waals surface area (Å²) in [6.07, 6.45) is 5.41. The van der Waals surface area contributed by atoms with Gasteiger partial charge in [-0.25, -0.2) is 9.67 Å². The summed E-state index contributed by atoms with van der Waals surface area (Å²) in [6, 6.07) is 1.86. The van der Waals surface area contributed by atoms with E-state index in [1.807, 2.05) is 38.2 Å². The lowest BCUT2D eigenvalue weighted by molar-refractivity contribution is 0.803. The van der Waals surface area contributed by atoms with Gasteiger partial charge < -0.3 is 4.90 Å². The summed E-state index contributed by atoms with van der Waals surface area (Å²) in [5.74, 6) is 1.46. The van der Waals surface area contributed by atoms with Gasteiger partial charge in [0.25, 0.3) is 5.95 Å². The number of rotatable bonds is 2. The van der Waals surface area contributed by atoms with Crippen molar-refractivity contribution in [1.82, 2.24) is 19.7 Å². The first-order valence-electron chi connectivity index (χ1n) is 4.69. The number of anilines is 1. The molecule has 2 heterocycles. The van der Waals surface area contributed by atoms with E-state index in [1.54, 1.807) is 17.1 Å². The number of aryl methyl sites for hydroxylation is 1. The summed E-state index contributed by atoms with van der Waals surface area (Å²) in [7, 11) is 3.89. The van der Waals surface area contributed by atoms with Gasteiger partial charge in [0, 0.05) is 26.5 Å². The summed E-state index contributed by atoms with van der Waals surface area (Å²) in [4.78, 5) is 10.5. The van der Waals surface area contributed by atoms with E-state index >= 15 is 0 Å². The molecule has 2 aromatic heterocycles. The standard InChI is InChI=1S/C10H13N5/c1-8-6-12-15(7-8)10-11-5-4-9(13-10)14(2)3/h4-7H,1-3H3. The minimum atomic E-state index is 0.592. The third-order valence-electron chi connectivity index (χ3n) is 2.00. The molecule has 0 aromatic carbocycles. The number of hydrogen-bond acceptors (Lipinski definition) is 4. The van der Waals surface area contributed by atoms with Gasteiger partial charge in [-0.1, -0.05) is 0 Å². The van der Waals surface area contributed by atoms with Gasteiger partial charge in [0.2, 0.25) is 0 Å². The van der Waals surface area contributed by atoms with Crippen molar-refractivity contribution in [2.45, 2.75) is 6.92 Å². The first-order valence-corrected chi connectivity index (χ1v) is 4.69. The van der Waals surface area contributed by atoms with Gasteiger partial charge in [-0.15, -0.1) is 0 Å². The Hall–Kier alpha value is -1.91. The van der Waals surface area contributed by atoms with Crippen LogP contribution < -0.4 is 4.90 Å². The number of aromatic nitrogens is 4. The second kappa shape index (κ2) is 3.68. The van der Waals surface area contributed by atoms with Crippen molar-refractivity contribution in [3.63, 3.8) is 0 Å². The molecule has 0 atom stereocenters. The van der Waals surface area contributed by atoms with Gasteiger partial charge in [-0.05, 0) is 18.6 Å². The van der Waals surface area contributed by atoms with Gasteiger partial charge in [0.05, 0.1) is 6.20 Å². The second-order valence-corrected chi connectivity index (χ2v) is 3.57. The van der Waals surface area contributed by atoms with Crippen molar-refractivity contribution in [3.05, 3.63) is 30.2 Å². The normalized spacial score (nSPS) is 10.3. The number of hydrogen-bond donors (Lipinski definition) is 0. The molecule has 0 fully saturated rings. The molecular formula is C10H13N5. The minimum absolute atomic E-state index is 0.592. The predicted octanol–water partition coefficient (Wildman–Crippen LogP) is 1.04. The maximum Gasteiger partial charge on any atom is 0.252 e. The molecule has 0 aliphatic heterocycles. The molecule has 0 unspecified atom stereocenters. The lowest BCUT2D eigenvalue weighted by atomic mass is 10.4. The van der Waals surface area contributed by atoms with E-state index in [2.05, 4.69) is 15.1 Å². The quantitative estimate of drug-likeness (QED) is 0.731. The Balaban J connectivity index is 2.41. The first-order chi connectivity index (χ1) is 7.16. The van der Waals surface area contributed by atoms with Gasteiger partial charge in [0.15, 0.2) is 0 Å². The molecule has 0 aliphatic rings. The van der Waals surface area contributed by atoms with Crippen LogP contribution in [0.4, 0.5) is 5.82 Å². The molecule has 0 spiro atoms. The van der Waals surface area contributed by atoms with E-state index in [-0.39, 0.29) is 0 Å². The minimum Gasteiger partial charge on any atom is -0.363 e. The molecule has 78 valence electrons. The van der Waals surface area contributed by atoms with Gasteiger partial charge in [-0.3, -0.25) is 0 Å². The van der Waals surface area contributed by atoms with Gasteiger partial charge >= 0.3 is 0 Å². The third kappa shape index (κ3) is 1.96. The van der Waals surface area contributed by atoms with Crippen LogP contribution in [-0.4, -0.2) is 33.8 Å². The largest absolute Gasteiger partial charge is 0.363 e. The summed E-state index contributed by atoms with van der Waals surface area (Å²) < 4.78 is 1.67. The van der Waals surface area contributed by atoms with E-state index in [0.717, 1.165) is 11.4 Å². The lowest BCUT2D eigenvalue weighted by Crippen LogP contribution is -2.12. The molecule has 2 rings (SSSR count). The highest BCUT2D eigenvalue weighted by molar-refractivity contribution is 5.37. The van der Waals surface area contributed by atoms with Crippen LogP contribution in [0.25, 0.3) is 5.95 Å². The summed E-state index contributed by atoms with van der Waals surface area (Å²) in [6.45, 7) is 1.99. The van der Waals surface area contributed by atoms with Crippen molar-refractivity contribution in [3.8, 4) is 5.95 Å². The highest BCUT2D eigenvalue weighted by atomic mass is 15.3.